The maximum atomic E-state index is 15.0. The Bertz CT molecular complexity index is 733. The SMILES string of the molecule is CCOP(=O)(OCC)N1CCCNCCNCCCNCC1(P(=O)(OCC)OCC)P(=O)(OCC)OCC. The van der Waals surface area contributed by atoms with E-state index in [1.165, 1.54) is 4.67 Å². The predicted molar refractivity (Wildman–Crippen MR) is 150 cm³/mol. The van der Waals surface area contributed by atoms with Gasteiger partial charge in [-0.15, -0.1) is 0 Å². The Morgan fingerprint density at radius 1 is 0.579 bits per heavy atom. The summed E-state index contributed by atoms with van der Waals surface area (Å²) in [6.45, 7) is 13.0. The smallest absolute Gasteiger partial charge is 0.315 e. The quantitative estimate of drug-likeness (QED) is 0.228. The lowest BCUT2D eigenvalue weighted by atomic mass is 10.3. The Morgan fingerprint density at radius 2 is 0.974 bits per heavy atom. The van der Waals surface area contributed by atoms with Gasteiger partial charge in [0.25, 0.3) is 0 Å². The van der Waals surface area contributed by atoms with Crippen molar-refractivity contribution in [1.29, 1.82) is 0 Å². The number of hydrogen-bond donors (Lipinski definition) is 3. The van der Waals surface area contributed by atoms with Crippen LogP contribution in [0.4, 0.5) is 0 Å². The molecule has 228 valence electrons. The van der Waals surface area contributed by atoms with E-state index in [0.717, 1.165) is 26.1 Å². The number of hydrogen-bond acceptors (Lipinski definition) is 12. The van der Waals surface area contributed by atoms with Gasteiger partial charge in [-0.1, -0.05) is 0 Å². The number of nitrogens with one attached hydrogen (secondary N) is 3. The molecule has 13 nitrogen and oxygen atoms in total. The zero-order chi connectivity index (χ0) is 28.5. The first-order chi connectivity index (χ1) is 18.2. The van der Waals surface area contributed by atoms with Crippen LogP contribution in [0.25, 0.3) is 0 Å². The molecule has 1 saturated heterocycles. The summed E-state index contributed by atoms with van der Waals surface area (Å²) >= 11 is 0. The third-order valence-corrected chi connectivity index (χ3v) is 14.7. The molecule has 0 spiro atoms. The molecule has 1 aliphatic heterocycles. The Balaban J connectivity index is 4.09. The van der Waals surface area contributed by atoms with Gasteiger partial charge in [0, 0.05) is 26.2 Å². The maximum absolute atomic E-state index is 15.0. The molecule has 0 aromatic carbocycles. The lowest BCUT2D eigenvalue weighted by Crippen LogP contribution is -2.55. The van der Waals surface area contributed by atoms with E-state index >= 15 is 0 Å². The Hall–Kier alpha value is 0.290. The summed E-state index contributed by atoms with van der Waals surface area (Å²) in [4.78, 5) is 0. The van der Waals surface area contributed by atoms with Gasteiger partial charge in [-0.05, 0) is 74.0 Å². The summed E-state index contributed by atoms with van der Waals surface area (Å²) in [6, 6.07) is 0. The molecule has 3 N–H and O–H groups in total. The molecular weight excluding hydrogens is 557 g/mol. The fourth-order valence-electron chi connectivity index (χ4n) is 4.26. The van der Waals surface area contributed by atoms with Crippen molar-refractivity contribution in [3.63, 3.8) is 0 Å². The fourth-order valence-corrected chi connectivity index (χ4v) is 13.0. The van der Waals surface area contributed by atoms with Crippen LogP contribution in [0, 0.1) is 0 Å². The van der Waals surface area contributed by atoms with Gasteiger partial charge in [-0.25, -0.2) is 4.57 Å². The summed E-state index contributed by atoms with van der Waals surface area (Å²) in [5.41, 5.74) is 0. The van der Waals surface area contributed by atoms with E-state index in [0.29, 0.717) is 19.5 Å². The van der Waals surface area contributed by atoms with Gasteiger partial charge in [-0.2, -0.15) is 4.67 Å². The first-order valence-electron chi connectivity index (χ1n) is 13.8. The molecule has 0 radical (unpaired) electrons. The Kier molecular flexibility index (Phi) is 17.8. The zero-order valence-electron chi connectivity index (χ0n) is 24.1. The monoisotopic (exact) mass is 608 g/mol. The van der Waals surface area contributed by atoms with Crippen LogP contribution < -0.4 is 16.0 Å². The topological polar surface area (TPSA) is 146 Å². The minimum Gasteiger partial charge on any atom is -0.315 e. The van der Waals surface area contributed by atoms with Crippen molar-refractivity contribution in [3.05, 3.63) is 0 Å². The largest absolute Gasteiger partial charge is 0.409 e. The molecule has 38 heavy (non-hydrogen) atoms. The van der Waals surface area contributed by atoms with E-state index in [-0.39, 0.29) is 52.7 Å². The van der Waals surface area contributed by atoms with Crippen LogP contribution in [-0.4, -0.2) is 95.1 Å². The van der Waals surface area contributed by atoms with E-state index in [9.17, 15) is 13.7 Å². The summed E-state index contributed by atoms with van der Waals surface area (Å²) < 4.78 is 80.8. The molecule has 1 fully saturated rings. The highest BCUT2D eigenvalue weighted by Crippen LogP contribution is 2.82. The normalized spacial score (nSPS) is 19.7. The highest BCUT2D eigenvalue weighted by molar-refractivity contribution is 7.75. The third kappa shape index (κ3) is 9.15. The summed E-state index contributed by atoms with van der Waals surface area (Å²) in [5, 5.41) is 7.79. The second kappa shape index (κ2) is 18.7. The molecule has 0 amide bonds. The molecule has 0 bridgehead atoms. The average Bonchev–Trinajstić information content (AvgIpc) is 2.85. The number of rotatable bonds is 15. The molecule has 0 aromatic rings. The molecule has 0 saturated carbocycles. The highest BCUT2D eigenvalue weighted by atomic mass is 31.2. The molecule has 1 rings (SSSR count). The summed E-state index contributed by atoms with van der Waals surface area (Å²) in [6.07, 6.45) is 1.16. The van der Waals surface area contributed by atoms with E-state index in [4.69, 9.17) is 27.1 Å². The van der Waals surface area contributed by atoms with Crippen LogP contribution in [0.3, 0.4) is 0 Å². The Labute approximate surface area is 229 Å². The van der Waals surface area contributed by atoms with Crippen molar-refractivity contribution >= 4 is 22.9 Å². The molecule has 0 aliphatic carbocycles. The minimum absolute atomic E-state index is 0.0215. The summed E-state index contributed by atoms with van der Waals surface area (Å²) in [5.74, 6) is 0. The van der Waals surface area contributed by atoms with Gasteiger partial charge in [0.05, 0.1) is 39.6 Å². The van der Waals surface area contributed by atoms with Crippen molar-refractivity contribution in [3.8, 4) is 0 Å². The molecule has 1 heterocycles. The Morgan fingerprint density at radius 3 is 1.39 bits per heavy atom. The van der Waals surface area contributed by atoms with Crippen LogP contribution >= 0.6 is 22.9 Å². The standard InChI is InChI=1S/C22H51N4O9P3/c1-7-30-36(27,31-8-2)22(37(28,32-9-3)33-10-4)21-25-16-13-15-23-18-19-24-17-14-20-26(22)38(29,34-11-5)35-12-6/h23-25H,7-21H2,1-6H3. The van der Waals surface area contributed by atoms with Gasteiger partial charge < -0.3 is 34.0 Å². The predicted octanol–water partition coefficient (Wildman–Crippen LogP) is 4.22. The van der Waals surface area contributed by atoms with E-state index in [1.54, 1.807) is 41.5 Å². The zero-order valence-corrected chi connectivity index (χ0v) is 26.8. The van der Waals surface area contributed by atoms with Crippen LogP contribution in [0.15, 0.2) is 0 Å². The number of nitrogens with zero attached hydrogens (tertiary/aromatic N) is 1. The molecule has 0 atom stereocenters. The first-order valence-corrected chi connectivity index (χ1v) is 18.4. The van der Waals surface area contributed by atoms with Gasteiger partial charge >= 0.3 is 22.9 Å². The second-order valence-electron chi connectivity index (χ2n) is 8.25. The van der Waals surface area contributed by atoms with Crippen molar-refractivity contribution < 1.29 is 40.8 Å². The average molecular weight is 609 g/mol. The molecular formula is C22H51N4O9P3. The van der Waals surface area contributed by atoms with Crippen molar-refractivity contribution in [2.45, 2.75) is 59.4 Å². The molecule has 16 heteroatoms. The highest BCUT2D eigenvalue weighted by Gasteiger charge is 2.72. The van der Waals surface area contributed by atoms with E-state index < -0.39 is 28.0 Å². The van der Waals surface area contributed by atoms with Crippen LogP contribution in [-0.2, 0) is 40.8 Å². The third-order valence-electron chi connectivity index (χ3n) is 5.64. The lowest BCUT2D eigenvalue weighted by Gasteiger charge is -2.49. The fraction of sp³-hybridized carbons (Fsp3) is 1.00. The summed E-state index contributed by atoms with van der Waals surface area (Å²) in [7, 11) is -13.1. The maximum Gasteiger partial charge on any atom is 0.409 e. The van der Waals surface area contributed by atoms with Crippen molar-refractivity contribution in [2.75, 3.05) is 85.5 Å². The van der Waals surface area contributed by atoms with E-state index in [2.05, 4.69) is 16.0 Å². The van der Waals surface area contributed by atoms with Gasteiger partial charge in [-0.3, -0.25) is 18.2 Å². The first kappa shape index (κ1) is 36.3. The van der Waals surface area contributed by atoms with Crippen molar-refractivity contribution in [1.82, 2.24) is 20.6 Å². The van der Waals surface area contributed by atoms with Gasteiger partial charge in [0.2, 0.25) is 5.02 Å². The molecule has 0 aromatic heterocycles. The van der Waals surface area contributed by atoms with Crippen LogP contribution in [0.2, 0.25) is 0 Å². The second-order valence-corrected chi connectivity index (χ2v) is 15.0. The lowest BCUT2D eigenvalue weighted by molar-refractivity contribution is 0.104. The van der Waals surface area contributed by atoms with Crippen molar-refractivity contribution in [2.24, 2.45) is 0 Å². The van der Waals surface area contributed by atoms with E-state index in [1.807, 2.05) is 0 Å². The van der Waals surface area contributed by atoms with Crippen LogP contribution in [0.5, 0.6) is 0 Å². The van der Waals surface area contributed by atoms with Gasteiger partial charge in [0.15, 0.2) is 0 Å². The molecule has 1 aliphatic rings. The minimum atomic E-state index is -4.45. The van der Waals surface area contributed by atoms with Gasteiger partial charge in [0.1, 0.15) is 0 Å². The van der Waals surface area contributed by atoms with Crippen LogP contribution in [0.1, 0.15) is 54.4 Å². The molecule has 0 unspecified atom stereocenters.